The summed E-state index contributed by atoms with van der Waals surface area (Å²) in [6, 6.07) is 0. The zero-order valence-corrected chi connectivity index (χ0v) is 9.30. The van der Waals surface area contributed by atoms with Crippen molar-refractivity contribution in [1.29, 1.82) is 0 Å². The van der Waals surface area contributed by atoms with Gasteiger partial charge in [-0.1, -0.05) is 6.58 Å². The molecule has 3 heteroatoms. The zero-order valence-electron chi connectivity index (χ0n) is 9.30. The molecule has 0 unspecified atom stereocenters. The summed E-state index contributed by atoms with van der Waals surface area (Å²) in [6.07, 6.45) is 2.80. The van der Waals surface area contributed by atoms with Crippen LogP contribution in [0.15, 0.2) is 12.3 Å². The molecule has 1 heterocycles. The highest BCUT2D eigenvalue weighted by Crippen LogP contribution is 2.21. The van der Waals surface area contributed by atoms with E-state index in [1.807, 2.05) is 20.8 Å². The number of hydrogen-bond acceptors (Lipinski definition) is 2. The predicted octanol–water partition coefficient (Wildman–Crippen LogP) is 2.92. The number of carbonyl (C=O) groups excluding carboxylic acids is 1. The van der Waals surface area contributed by atoms with Gasteiger partial charge in [0.1, 0.15) is 5.60 Å². The Morgan fingerprint density at radius 2 is 2.07 bits per heavy atom. The second kappa shape index (κ2) is 4.03. The monoisotopic (exact) mass is 197 g/mol. The minimum atomic E-state index is -0.422. The molecule has 0 bridgehead atoms. The van der Waals surface area contributed by atoms with Crippen LogP contribution in [0.5, 0.6) is 0 Å². The molecule has 3 nitrogen and oxygen atoms in total. The molecule has 0 saturated carbocycles. The molecule has 0 N–H and O–H groups in total. The van der Waals surface area contributed by atoms with Gasteiger partial charge < -0.3 is 4.74 Å². The summed E-state index contributed by atoms with van der Waals surface area (Å²) in [7, 11) is 0. The minimum Gasteiger partial charge on any atom is -0.443 e. The van der Waals surface area contributed by atoms with Gasteiger partial charge in [-0.25, -0.2) is 4.79 Å². The lowest BCUT2D eigenvalue weighted by Crippen LogP contribution is -2.38. The van der Waals surface area contributed by atoms with Gasteiger partial charge in [-0.3, -0.25) is 4.90 Å². The van der Waals surface area contributed by atoms with Gasteiger partial charge in [0.05, 0.1) is 0 Å². The Hall–Kier alpha value is -0.990. The number of carbonyl (C=O) groups is 1. The van der Waals surface area contributed by atoms with Crippen LogP contribution in [0.25, 0.3) is 0 Å². The van der Waals surface area contributed by atoms with Crippen LogP contribution in [-0.4, -0.2) is 23.1 Å². The van der Waals surface area contributed by atoms with Gasteiger partial charge >= 0.3 is 6.09 Å². The van der Waals surface area contributed by atoms with Crippen molar-refractivity contribution in [2.45, 2.75) is 45.6 Å². The molecule has 0 aromatic heterocycles. The number of allylic oxidation sites excluding steroid dienone is 1. The molecule has 0 aromatic rings. The first kappa shape index (κ1) is 11.1. The van der Waals surface area contributed by atoms with Crippen molar-refractivity contribution in [3.05, 3.63) is 12.3 Å². The quantitative estimate of drug-likeness (QED) is 0.597. The fourth-order valence-electron chi connectivity index (χ4n) is 1.43. The molecule has 1 fully saturated rings. The molecule has 1 aliphatic rings. The van der Waals surface area contributed by atoms with E-state index in [9.17, 15) is 4.79 Å². The molecule has 1 amide bonds. The highest BCUT2D eigenvalue weighted by Gasteiger charge is 2.25. The molecular weight excluding hydrogens is 178 g/mol. The topological polar surface area (TPSA) is 29.5 Å². The van der Waals surface area contributed by atoms with Crippen molar-refractivity contribution < 1.29 is 9.53 Å². The summed E-state index contributed by atoms with van der Waals surface area (Å²) in [5.74, 6) is 0. The summed E-state index contributed by atoms with van der Waals surface area (Å²) < 4.78 is 5.27. The number of hydrogen-bond donors (Lipinski definition) is 0. The van der Waals surface area contributed by atoms with Crippen molar-refractivity contribution in [2.24, 2.45) is 0 Å². The number of likely N-dealkylation sites (tertiary alicyclic amines) is 1. The summed E-state index contributed by atoms with van der Waals surface area (Å²) in [5.41, 5.74) is 0.458. The van der Waals surface area contributed by atoms with Gasteiger partial charge in [0.25, 0.3) is 0 Å². The van der Waals surface area contributed by atoms with E-state index in [0.29, 0.717) is 0 Å². The Bertz CT molecular complexity index is 240. The Morgan fingerprint density at radius 1 is 1.43 bits per heavy atom. The number of ether oxygens (including phenoxy) is 1. The normalized spacial score (nSPS) is 18.2. The third-order valence-corrected chi connectivity index (χ3v) is 2.09. The van der Waals surface area contributed by atoms with Crippen molar-refractivity contribution in [1.82, 2.24) is 4.90 Å². The molecule has 0 spiro atoms. The number of nitrogens with zero attached hydrogens (tertiary/aromatic N) is 1. The standard InChI is InChI=1S/C11H19NO2/c1-9-7-5-6-8-12(9)10(13)14-11(2,3)4/h1,5-8H2,2-4H3. The van der Waals surface area contributed by atoms with E-state index in [1.54, 1.807) is 4.90 Å². The third-order valence-electron chi connectivity index (χ3n) is 2.09. The van der Waals surface area contributed by atoms with Crippen LogP contribution in [0.2, 0.25) is 0 Å². The molecule has 1 rings (SSSR count). The Morgan fingerprint density at radius 3 is 2.57 bits per heavy atom. The highest BCUT2D eigenvalue weighted by atomic mass is 16.6. The first-order chi connectivity index (χ1) is 6.40. The molecule has 0 aromatic carbocycles. The summed E-state index contributed by atoms with van der Waals surface area (Å²) >= 11 is 0. The van der Waals surface area contributed by atoms with Crippen LogP contribution in [0, 0.1) is 0 Å². The first-order valence-corrected chi connectivity index (χ1v) is 5.08. The third kappa shape index (κ3) is 3.05. The van der Waals surface area contributed by atoms with E-state index in [1.165, 1.54) is 0 Å². The SMILES string of the molecule is C=C1CCCCN1C(=O)OC(C)(C)C. The first-order valence-electron chi connectivity index (χ1n) is 5.08. The Balaban J connectivity index is 2.55. The van der Waals surface area contributed by atoms with E-state index in [-0.39, 0.29) is 6.09 Å². The van der Waals surface area contributed by atoms with Crippen LogP contribution in [0.1, 0.15) is 40.0 Å². The van der Waals surface area contributed by atoms with E-state index in [2.05, 4.69) is 6.58 Å². The zero-order chi connectivity index (χ0) is 10.8. The summed E-state index contributed by atoms with van der Waals surface area (Å²) in [5, 5.41) is 0. The second-order valence-corrected chi connectivity index (χ2v) is 4.66. The second-order valence-electron chi connectivity index (χ2n) is 4.66. The van der Waals surface area contributed by atoms with Gasteiger partial charge in [-0.15, -0.1) is 0 Å². The minimum absolute atomic E-state index is 0.262. The van der Waals surface area contributed by atoms with Gasteiger partial charge in [-0.2, -0.15) is 0 Å². The van der Waals surface area contributed by atoms with Crippen LogP contribution in [0.4, 0.5) is 4.79 Å². The summed E-state index contributed by atoms with van der Waals surface area (Å²) in [6.45, 7) is 10.2. The van der Waals surface area contributed by atoms with Crippen LogP contribution < -0.4 is 0 Å². The molecule has 0 radical (unpaired) electrons. The maximum atomic E-state index is 11.7. The van der Waals surface area contributed by atoms with Gasteiger partial charge in [0.2, 0.25) is 0 Å². The average Bonchev–Trinajstić information content (AvgIpc) is 2.01. The maximum absolute atomic E-state index is 11.7. The average molecular weight is 197 g/mol. The van der Waals surface area contributed by atoms with Crippen molar-refractivity contribution in [3.63, 3.8) is 0 Å². The Labute approximate surface area is 85.7 Å². The van der Waals surface area contributed by atoms with E-state index in [0.717, 1.165) is 31.5 Å². The molecular formula is C11H19NO2. The lowest BCUT2D eigenvalue weighted by Gasteiger charge is -2.31. The van der Waals surface area contributed by atoms with Gasteiger partial charge in [0, 0.05) is 12.2 Å². The largest absolute Gasteiger partial charge is 0.443 e. The van der Waals surface area contributed by atoms with Crippen molar-refractivity contribution in [2.75, 3.05) is 6.54 Å². The smallest absolute Gasteiger partial charge is 0.414 e. The molecule has 80 valence electrons. The van der Waals surface area contributed by atoms with Crippen molar-refractivity contribution in [3.8, 4) is 0 Å². The number of rotatable bonds is 0. The van der Waals surface area contributed by atoms with Crippen LogP contribution >= 0.6 is 0 Å². The van der Waals surface area contributed by atoms with E-state index >= 15 is 0 Å². The highest BCUT2D eigenvalue weighted by molar-refractivity contribution is 5.70. The molecule has 0 atom stereocenters. The van der Waals surface area contributed by atoms with Gasteiger partial charge in [0.15, 0.2) is 0 Å². The lowest BCUT2D eigenvalue weighted by molar-refractivity contribution is 0.0288. The maximum Gasteiger partial charge on any atom is 0.414 e. The summed E-state index contributed by atoms with van der Waals surface area (Å²) in [4.78, 5) is 13.3. The molecule has 1 aliphatic heterocycles. The Kier molecular flexibility index (Phi) is 3.19. The molecule has 14 heavy (non-hydrogen) atoms. The van der Waals surface area contributed by atoms with Crippen molar-refractivity contribution >= 4 is 6.09 Å². The van der Waals surface area contributed by atoms with Gasteiger partial charge in [-0.05, 0) is 40.0 Å². The lowest BCUT2D eigenvalue weighted by atomic mass is 10.1. The van der Waals surface area contributed by atoms with Crippen LogP contribution in [0.3, 0.4) is 0 Å². The van der Waals surface area contributed by atoms with E-state index in [4.69, 9.17) is 4.74 Å². The molecule has 1 saturated heterocycles. The molecule has 0 aliphatic carbocycles. The fraction of sp³-hybridized carbons (Fsp3) is 0.727. The van der Waals surface area contributed by atoms with E-state index < -0.39 is 5.60 Å². The fourth-order valence-corrected chi connectivity index (χ4v) is 1.43. The number of piperidine rings is 1. The predicted molar refractivity (Wildman–Crippen MR) is 55.9 cm³/mol. The number of amides is 1. The van der Waals surface area contributed by atoms with Crippen LogP contribution in [-0.2, 0) is 4.74 Å².